The van der Waals surface area contributed by atoms with Crippen molar-refractivity contribution in [3.8, 4) is 5.75 Å². The lowest BCUT2D eigenvalue weighted by molar-refractivity contribution is -0.141. The topological polar surface area (TPSA) is 77.8 Å². The molecule has 0 aliphatic carbocycles. The monoisotopic (exact) mass is 424 g/mol. The van der Waals surface area contributed by atoms with E-state index in [1.807, 2.05) is 42.5 Å². The molecule has 0 radical (unpaired) electrons. The molecule has 2 aromatic carbocycles. The van der Waals surface area contributed by atoms with Gasteiger partial charge >= 0.3 is 10.8 Å². The smallest absolute Gasteiger partial charge is 0.325 e. The maximum absolute atomic E-state index is 13.3. The summed E-state index contributed by atoms with van der Waals surface area (Å²) in [4.78, 5) is 40.0. The van der Waals surface area contributed by atoms with E-state index in [4.69, 9.17) is 9.47 Å². The van der Waals surface area contributed by atoms with Gasteiger partial charge in [-0.1, -0.05) is 41.7 Å². The number of carbonyl (C=O) groups excluding carboxylic acids is 2. The molecule has 0 saturated heterocycles. The highest BCUT2D eigenvalue weighted by atomic mass is 32.1. The Morgan fingerprint density at radius 1 is 1.07 bits per heavy atom. The lowest BCUT2D eigenvalue weighted by Crippen LogP contribution is -2.36. The average molecular weight is 424 g/mol. The van der Waals surface area contributed by atoms with E-state index in [1.54, 1.807) is 19.2 Å². The summed E-state index contributed by atoms with van der Waals surface area (Å²) in [6, 6.07) is 16.6. The molecular formula is C22H20N2O5S. The Morgan fingerprint density at radius 2 is 1.77 bits per heavy atom. The Bertz CT molecular complexity index is 1130. The molecule has 2 heterocycles. The normalized spacial score (nSPS) is 15.6. The van der Waals surface area contributed by atoms with E-state index in [1.165, 1.54) is 16.6 Å². The zero-order valence-corrected chi connectivity index (χ0v) is 17.3. The lowest BCUT2D eigenvalue weighted by Gasteiger charge is -2.32. The number of hydrogen-bond donors (Lipinski definition) is 0. The fourth-order valence-electron chi connectivity index (χ4n) is 3.63. The highest BCUT2D eigenvalue weighted by molar-refractivity contribution is 7.10. The van der Waals surface area contributed by atoms with Crippen molar-refractivity contribution in [2.24, 2.45) is 0 Å². The molecule has 1 atom stereocenters. The van der Waals surface area contributed by atoms with Crippen LogP contribution in [0.15, 0.2) is 59.4 Å². The van der Waals surface area contributed by atoms with Crippen LogP contribution in [-0.2, 0) is 20.9 Å². The summed E-state index contributed by atoms with van der Waals surface area (Å²) < 4.78 is 11.3. The van der Waals surface area contributed by atoms with E-state index in [0.29, 0.717) is 17.3 Å². The van der Waals surface area contributed by atoms with E-state index in [0.717, 1.165) is 21.8 Å². The first-order chi connectivity index (χ1) is 14.5. The molecule has 4 rings (SSSR count). The van der Waals surface area contributed by atoms with Gasteiger partial charge in [-0.25, -0.2) is 0 Å². The maximum Gasteiger partial charge on any atom is 0.325 e. The molecule has 7 nitrogen and oxygen atoms in total. The molecule has 0 fully saturated rings. The number of anilines is 2. The zero-order chi connectivity index (χ0) is 21.3. The fraction of sp³-hybridized carbons (Fsp3) is 0.227. The van der Waals surface area contributed by atoms with E-state index < -0.39 is 5.97 Å². The van der Waals surface area contributed by atoms with Gasteiger partial charge in [-0.2, -0.15) is 0 Å². The van der Waals surface area contributed by atoms with Crippen LogP contribution in [0.3, 0.4) is 0 Å². The number of esters is 1. The Kier molecular flexibility index (Phi) is 5.41. The summed E-state index contributed by atoms with van der Waals surface area (Å²) in [5.41, 5.74) is 1.55. The molecule has 0 unspecified atom stereocenters. The van der Waals surface area contributed by atoms with Crippen LogP contribution in [-0.4, -0.2) is 30.7 Å². The van der Waals surface area contributed by atoms with Crippen molar-refractivity contribution >= 4 is 34.7 Å². The summed E-state index contributed by atoms with van der Waals surface area (Å²) in [7, 11) is 2.86. The molecular weight excluding hydrogens is 404 g/mol. The molecule has 1 aliphatic heterocycles. The predicted octanol–water partition coefficient (Wildman–Crippen LogP) is 3.29. The molecule has 30 heavy (non-hydrogen) atoms. The van der Waals surface area contributed by atoms with Crippen molar-refractivity contribution in [1.82, 2.24) is 4.57 Å². The Labute approximate surface area is 177 Å². The summed E-state index contributed by atoms with van der Waals surface area (Å²) in [6.07, 6.45) is 0.215. The second-order valence-corrected chi connectivity index (χ2v) is 7.81. The molecule has 0 bridgehead atoms. The first-order valence-electron chi connectivity index (χ1n) is 9.35. The van der Waals surface area contributed by atoms with E-state index in [-0.39, 0.29) is 29.7 Å². The summed E-state index contributed by atoms with van der Waals surface area (Å²) >= 11 is 1.06. The van der Waals surface area contributed by atoms with Crippen LogP contribution in [0.4, 0.5) is 11.5 Å². The molecule has 1 amide bonds. The number of para-hydroxylation sites is 1. The van der Waals surface area contributed by atoms with Gasteiger partial charge in [0.25, 0.3) is 0 Å². The number of methoxy groups -OCH3 is 2. The zero-order valence-electron chi connectivity index (χ0n) is 16.5. The lowest BCUT2D eigenvalue weighted by atomic mass is 9.90. The summed E-state index contributed by atoms with van der Waals surface area (Å²) in [5.74, 6) is 0.160. The van der Waals surface area contributed by atoms with Crippen LogP contribution < -0.4 is 14.5 Å². The molecule has 154 valence electrons. The third-order valence-corrected chi connectivity index (χ3v) is 6.18. The quantitative estimate of drug-likeness (QED) is 0.588. The fourth-order valence-corrected chi connectivity index (χ4v) is 4.73. The number of thiazole rings is 1. The van der Waals surface area contributed by atoms with Crippen LogP contribution in [0.2, 0.25) is 0 Å². The van der Waals surface area contributed by atoms with Gasteiger partial charge in [0.15, 0.2) is 0 Å². The Morgan fingerprint density at radius 3 is 2.40 bits per heavy atom. The first kappa shape index (κ1) is 19.9. The van der Waals surface area contributed by atoms with E-state index in [9.17, 15) is 14.4 Å². The van der Waals surface area contributed by atoms with Crippen LogP contribution in [0.5, 0.6) is 5.75 Å². The van der Waals surface area contributed by atoms with Crippen LogP contribution in [0.25, 0.3) is 0 Å². The number of carbonyl (C=O) groups is 2. The maximum atomic E-state index is 13.3. The van der Waals surface area contributed by atoms with Crippen LogP contribution in [0, 0.1) is 0 Å². The third-order valence-electron chi connectivity index (χ3n) is 5.10. The van der Waals surface area contributed by atoms with Gasteiger partial charge in [0.1, 0.15) is 18.1 Å². The van der Waals surface area contributed by atoms with Gasteiger partial charge in [0, 0.05) is 12.3 Å². The number of benzene rings is 2. The number of rotatable bonds is 5. The molecule has 1 aromatic heterocycles. The molecule has 3 aromatic rings. The highest BCUT2D eigenvalue weighted by Gasteiger charge is 2.38. The summed E-state index contributed by atoms with van der Waals surface area (Å²) in [6.45, 7) is -0.257. The minimum Gasteiger partial charge on any atom is -0.497 e. The van der Waals surface area contributed by atoms with Crippen LogP contribution in [0.1, 0.15) is 22.8 Å². The van der Waals surface area contributed by atoms with Gasteiger partial charge in [-0.15, -0.1) is 0 Å². The number of nitrogens with zero attached hydrogens (tertiary/aromatic N) is 2. The average Bonchev–Trinajstić information content (AvgIpc) is 3.09. The number of fused-ring (bicyclic) bond motifs is 1. The van der Waals surface area contributed by atoms with E-state index >= 15 is 0 Å². The van der Waals surface area contributed by atoms with Gasteiger partial charge < -0.3 is 9.47 Å². The standard InChI is InChI=1S/C22H20N2O5S/c1-28-16-10-8-14(9-11-16)17-12-18(25)24(15-6-4-3-5-7-15)21-20(17)30-22(27)23(21)13-19(26)29-2/h3-11,17H,12-13H2,1-2H3/t17-/m1/s1. The molecule has 1 aliphatic rings. The predicted molar refractivity (Wildman–Crippen MR) is 114 cm³/mol. The van der Waals surface area contributed by atoms with Crippen molar-refractivity contribution in [2.75, 3.05) is 19.1 Å². The van der Waals surface area contributed by atoms with Gasteiger partial charge in [-0.05, 0) is 29.8 Å². The highest BCUT2D eigenvalue weighted by Crippen LogP contribution is 2.44. The number of hydrogen-bond acceptors (Lipinski definition) is 6. The first-order valence-corrected chi connectivity index (χ1v) is 10.2. The third kappa shape index (κ3) is 3.50. The van der Waals surface area contributed by atoms with Crippen molar-refractivity contribution < 1.29 is 19.1 Å². The SMILES string of the molecule is COC(=O)Cn1c2c(sc1=O)[C@@H](c1ccc(OC)cc1)CC(=O)N2c1ccccc1. The number of aromatic nitrogens is 1. The number of amides is 1. The minimum atomic E-state index is -0.551. The molecule has 8 heteroatoms. The minimum absolute atomic E-state index is 0.147. The van der Waals surface area contributed by atoms with Gasteiger partial charge in [0.05, 0.1) is 24.8 Å². The Balaban J connectivity index is 1.89. The molecule has 0 saturated carbocycles. The van der Waals surface area contributed by atoms with E-state index in [2.05, 4.69) is 0 Å². The molecule has 0 spiro atoms. The second-order valence-electron chi connectivity index (χ2n) is 6.81. The largest absolute Gasteiger partial charge is 0.497 e. The van der Waals surface area contributed by atoms with Crippen molar-refractivity contribution in [1.29, 1.82) is 0 Å². The van der Waals surface area contributed by atoms with Crippen LogP contribution >= 0.6 is 11.3 Å². The van der Waals surface area contributed by atoms with Crippen molar-refractivity contribution in [3.63, 3.8) is 0 Å². The van der Waals surface area contributed by atoms with Gasteiger partial charge in [-0.3, -0.25) is 23.9 Å². The second kappa shape index (κ2) is 8.16. The van der Waals surface area contributed by atoms with Crippen molar-refractivity contribution in [2.45, 2.75) is 18.9 Å². The summed E-state index contributed by atoms with van der Waals surface area (Å²) in [5, 5.41) is 0. The van der Waals surface area contributed by atoms with Gasteiger partial charge in [0.2, 0.25) is 5.91 Å². The molecule has 0 N–H and O–H groups in total. The Hall–Kier alpha value is -3.39. The number of ether oxygens (including phenoxy) is 2. The van der Waals surface area contributed by atoms with Crippen molar-refractivity contribution in [3.05, 3.63) is 74.7 Å².